The Labute approximate surface area is 131 Å². The van der Waals surface area contributed by atoms with Gasteiger partial charge in [-0.05, 0) is 13.5 Å². The average Bonchev–Trinajstić information content (AvgIpc) is 2.80. The predicted octanol–water partition coefficient (Wildman–Crippen LogP) is 3.49. The number of thiazole rings is 1. The average molecular weight is 314 g/mol. The van der Waals surface area contributed by atoms with Crippen molar-refractivity contribution in [1.82, 2.24) is 10.3 Å². The number of rotatable bonds is 4. The number of anilines is 1. The van der Waals surface area contributed by atoms with Crippen LogP contribution >= 0.6 is 23.1 Å². The van der Waals surface area contributed by atoms with E-state index in [1.165, 1.54) is 27.2 Å². The molecule has 0 aromatic carbocycles. The lowest BCUT2D eigenvalue weighted by Crippen LogP contribution is -2.40. The molecule has 1 aromatic heterocycles. The van der Waals surface area contributed by atoms with E-state index in [-0.39, 0.29) is 5.41 Å². The van der Waals surface area contributed by atoms with Crippen LogP contribution in [0.3, 0.4) is 0 Å². The molecule has 0 aliphatic carbocycles. The monoisotopic (exact) mass is 313 g/mol. The molecule has 1 saturated heterocycles. The summed E-state index contributed by atoms with van der Waals surface area (Å²) in [4.78, 5) is 8.90. The number of nitrogens with zero attached hydrogens (tertiary/aromatic N) is 2. The molecule has 2 rings (SSSR count). The van der Waals surface area contributed by atoms with E-state index in [0.717, 1.165) is 19.6 Å². The highest BCUT2D eigenvalue weighted by molar-refractivity contribution is 7.99. The van der Waals surface area contributed by atoms with Gasteiger partial charge in [-0.1, -0.05) is 27.7 Å². The maximum atomic E-state index is 5.00. The Balaban J connectivity index is 2.27. The van der Waals surface area contributed by atoms with Crippen molar-refractivity contribution in [3.05, 3.63) is 10.6 Å². The third-order valence-corrected chi connectivity index (χ3v) is 5.83. The maximum absolute atomic E-state index is 5.00. The lowest BCUT2D eigenvalue weighted by molar-refractivity contribution is 0.559. The molecule has 3 nitrogen and oxygen atoms in total. The number of hydrogen-bond acceptors (Lipinski definition) is 5. The van der Waals surface area contributed by atoms with Gasteiger partial charge in [0.25, 0.3) is 0 Å². The molecule has 1 aliphatic heterocycles. The molecule has 0 amide bonds. The fourth-order valence-electron chi connectivity index (χ4n) is 2.42. The molecule has 5 heteroatoms. The molecule has 1 N–H and O–H groups in total. The van der Waals surface area contributed by atoms with Crippen LogP contribution in [-0.2, 0) is 12.0 Å². The Bertz CT molecular complexity index is 437. The summed E-state index contributed by atoms with van der Waals surface area (Å²) in [5.41, 5.74) is 1.39. The smallest absolute Gasteiger partial charge is 0.186 e. The summed E-state index contributed by atoms with van der Waals surface area (Å²) >= 11 is 3.93. The van der Waals surface area contributed by atoms with Gasteiger partial charge in [0, 0.05) is 40.9 Å². The van der Waals surface area contributed by atoms with Crippen molar-refractivity contribution in [3.8, 4) is 0 Å². The number of hydrogen-bond donors (Lipinski definition) is 1. The molecule has 20 heavy (non-hydrogen) atoms. The first kappa shape index (κ1) is 16.1. The van der Waals surface area contributed by atoms with Crippen molar-refractivity contribution in [1.29, 1.82) is 0 Å². The van der Waals surface area contributed by atoms with E-state index in [1.54, 1.807) is 0 Å². The highest BCUT2D eigenvalue weighted by Crippen LogP contribution is 2.35. The van der Waals surface area contributed by atoms with E-state index in [1.807, 2.05) is 11.3 Å². The van der Waals surface area contributed by atoms with Crippen LogP contribution in [0.5, 0.6) is 0 Å². The molecule has 1 aliphatic rings. The lowest BCUT2D eigenvalue weighted by Gasteiger charge is -2.32. The Morgan fingerprint density at radius 2 is 2.15 bits per heavy atom. The molecule has 0 radical (unpaired) electrons. The van der Waals surface area contributed by atoms with Gasteiger partial charge in [-0.15, -0.1) is 11.3 Å². The van der Waals surface area contributed by atoms with Crippen LogP contribution in [0.2, 0.25) is 0 Å². The van der Waals surface area contributed by atoms with Gasteiger partial charge < -0.3 is 10.2 Å². The molecule has 0 saturated carbocycles. The Morgan fingerprint density at radius 1 is 1.40 bits per heavy atom. The lowest BCUT2D eigenvalue weighted by atomic mass is 9.91. The van der Waals surface area contributed by atoms with Crippen molar-refractivity contribution in [2.75, 3.05) is 29.5 Å². The molecule has 1 unspecified atom stereocenters. The quantitative estimate of drug-likeness (QED) is 0.921. The topological polar surface area (TPSA) is 28.2 Å². The molecule has 1 fully saturated rings. The van der Waals surface area contributed by atoms with Gasteiger partial charge in [-0.3, -0.25) is 0 Å². The summed E-state index contributed by atoms with van der Waals surface area (Å²) in [6, 6.07) is 0.597. The first-order valence-electron chi connectivity index (χ1n) is 7.48. The van der Waals surface area contributed by atoms with Gasteiger partial charge in [0.05, 0.1) is 5.69 Å². The minimum atomic E-state index is 0.118. The largest absolute Gasteiger partial charge is 0.344 e. The second-order valence-electron chi connectivity index (χ2n) is 6.42. The molecule has 0 bridgehead atoms. The molecular weight excluding hydrogens is 286 g/mol. The van der Waals surface area contributed by atoms with E-state index < -0.39 is 0 Å². The summed E-state index contributed by atoms with van der Waals surface area (Å²) in [6.45, 7) is 14.3. The van der Waals surface area contributed by atoms with E-state index in [0.29, 0.717) is 6.04 Å². The van der Waals surface area contributed by atoms with Crippen molar-refractivity contribution >= 4 is 28.2 Å². The van der Waals surface area contributed by atoms with Crippen LogP contribution < -0.4 is 10.2 Å². The summed E-state index contributed by atoms with van der Waals surface area (Å²) < 4.78 is 0. The zero-order valence-corrected chi connectivity index (χ0v) is 15.0. The van der Waals surface area contributed by atoms with Crippen LogP contribution in [-0.4, -0.2) is 35.6 Å². The highest BCUT2D eigenvalue weighted by atomic mass is 32.2. The van der Waals surface area contributed by atoms with Crippen molar-refractivity contribution < 1.29 is 0 Å². The van der Waals surface area contributed by atoms with Crippen molar-refractivity contribution in [2.24, 2.45) is 0 Å². The molecular formula is C15H27N3S2. The fourth-order valence-corrected chi connectivity index (χ4v) is 4.80. The third-order valence-electron chi connectivity index (χ3n) is 3.55. The normalized spacial score (nSPS) is 20.4. The van der Waals surface area contributed by atoms with Gasteiger partial charge in [0.15, 0.2) is 5.13 Å². The van der Waals surface area contributed by atoms with Crippen LogP contribution in [0.15, 0.2) is 0 Å². The van der Waals surface area contributed by atoms with Crippen molar-refractivity contribution in [3.63, 3.8) is 0 Å². The number of thioether (sulfide) groups is 1. The third kappa shape index (κ3) is 3.68. The van der Waals surface area contributed by atoms with Crippen LogP contribution in [0, 0.1) is 0 Å². The van der Waals surface area contributed by atoms with Crippen LogP contribution in [0.4, 0.5) is 5.13 Å². The molecule has 114 valence electrons. The zero-order chi connectivity index (χ0) is 14.8. The van der Waals surface area contributed by atoms with Crippen LogP contribution in [0.25, 0.3) is 0 Å². The van der Waals surface area contributed by atoms with Gasteiger partial charge in [0.1, 0.15) is 0 Å². The minimum absolute atomic E-state index is 0.118. The van der Waals surface area contributed by atoms with Gasteiger partial charge >= 0.3 is 0 Å². The highest BCUT2D eigenvalue weighted by Gasteiger charge is 2.27. The van der Waals surface area contributed by atoms with E-state index in [4.69, 9.17) is 4.98 Å². The Kier molecular flexibility index (Phi) is 5.37. The van der Waals surface area contributed by atoms with Crippen LogP contribution in [0.1, 0.15) is 45.2 Å². The number of aromatic nitrogens is 1. The Hall–Kier alpha value is -0.260. The maximum Gasteiger partial charge on any atom is 0.186 e. The Morgan fingerprint density at radius 3 is 2.75 bits per heavy atom. The fraction of sp³-hybridized carbons (Fsp3) is 0.800. The predicted molar refractivity (Wildman–Crippen MR) is 92.3 cm³/mol. The van der Waals surface area contributed by atoms with Crippen molar-refractivity contribution in [2.45, 2.75) is 52.6 Å². The van der Waals surface area contributed by atoms with Gasteiger partial charge in [-0.2, -0.15) is 11.8 Å². The number of nitrogens with one attached hydrogen (secondary N) is 1. The van der Waals surface area contributed by atoms with E-state index in [2.05, 4.69) is 56.6 Å². The van der Waals surface area contributed by atoms with E-state index >= 15 is 0 Å². The standard InChI is InChI=1S/C15H27N3S2/c1-6-16-9-12-13(15(3,4)5)17-14(20-12)18-7-8-19-10-11(18)2/h11,16H,6-10H2,1-5H3. The summed E-state index contributed by atoms with van der Waals surface area (Å²) in [6.07, 6.45) is 0. The second-order valence-corrected chi connectivity index (χ2v) is 8.63. The SMILES string of the molecule is CCNCc1sc(N2CCSCC2C)nc1C(C)(C)C. The first-order valence-corrected chi connectivity index (χ1v) is 9.46. The first-order chi connectivity index (χ1) is 9.43. The summed E-state index contributed by atoms with van der Waals surface area (Å²) in [7, 11) is 0. The summed E-state index contributed by atoms with van der Waals surface area (Å²) in [5, 5.41) is 4.67. The van der Waals surface area contributed by atoms with Gasteiger partial charge in [-0.25, -0.2) is 4.98 Å². The van der Waals surface area contributed by atoms with E-state index in [9.17, 15) is 0 Å². The van der Waals surface area contributed by atoms with Gasteiger partial charge in [0.2, 0.25) is 0 Å². The molecule has 1 atom stereocenters. The summed E-state index contributed by atoms with van der Waals surface area (Å²) in [5.74, 6) is 2.43. The second kappa shape index (κ2) is 6.67. The molecule has 2 heterocycles. The zero-order valence-electron chi connectivity index (χ0n) is 13.3. The molecule has 1 aromatic rings. The molecule has 0 spiro atoms. The minimum Gasteiger partial charge on any atom is -0.344 e.